The molecule has 0 spiro atoms. The van der Waals surface area contributed by atoms with E-state index in [0.29, 0.717) is 17.0 Å². The molecule has 5 rings (SSSR count). The van der Waals surface area contributed by atoms with Gasteiger partial charge in [0.1, 0.15) is 6.54 Å². The monoisotopic (exact) mass is 440 g/mol. The lowest BCUT2D eigenvalue weighted by Crippen LogP contribution is -2.34. The maximum atomic E-state index is 12.9. The number of para-hydroxylation sites is 1. The summed E-state index contributed by atoms with van der Waals surface area (Å²) in [4.78, 5) is 31.6. The normalized spacial score (nSPS) is 11.1. The van der Waals surface area contributed by atoms with E-state index in [2.05, 4.69) is 15.2 Å². The number of nitrogens with zero attached hydrogens (tertiary/aromatic N) is 6. The zero-order chi connectivity index (χ0) is 22.9. The zero-order valence-electron chi connectivity index (χ0n) is 18.0. The molecule has 0 saturated carbocycles. The molecular formula is C24H20N6O3. The SMILES string of the molecule is Cc1ccc(-c2noc(-c3cccn4c(=O)n(CC(=O)N(C)c5ccccc5)nc34)n2)cc1. The molecular weight excluding hydrogens is 420 g/mol. The maximum Gasteiger partial charge on any atom is 0.350 e. The highest BCUT2D eigenvalue weighted by atomic mass is 16.5. The van der Waals surface area contributed by atoms with E-state index in [9.17, 15) is 9.59 Å². The fourth-order valence-corrected chi connectivity index (χ4v) is 3.49. The number of aryl methyl sites for hydroxylation is 1. The van der Waals surface area contributed by atoms with Gasteiger partial charge in [-0.3, -0.25) is 4.79 Å². The Kier molecular flexibility index (Phi) is 5.06. The lowest BCUT2D eigenvalue weighted by molar-refractivity contribution is -0.119. The molecule has 1 amide bonds. The summed E-state index contributed by atoms with van der Waals surface area (Å²) in [7, 11) is 1.66. The summed E-state index contributed by atoms with van der Waals surface area (Å²) in [6, 6.07) is 20.4. The molecule has 0 fully saturated rings. The minimum Gasteiger partial charge on any atom is -0.333 e. The number of anilines is 1. The summed E-state index contributed by atoms with van der Waals surface area (Å²) in [5.41, 5.74) is 3.08. The van der Waals surface area contributed by atoms with E-state index < -0.39 is 5.69 Å². The van der Waals surface area contributed by atoms with Crippen LogP contribution in [0.25, 0.3) is 28.5 Å². The number of amides is 1. The van der Waals surface area contributed by atoms with Crippen molar-refractivity contribution in [3.63, 3.8) is 0 Å². The van der Waals surface area contributed by atoms with Crippen LogP contribution in [0.15, 0.2) is 82.2 Å². The molecule has 0 radical (unpaired) electrons. The third-order valence-electron chi connectivity index (χ3n) is 5.38. The summed E-state index contributed by atoms with van der Waals surface area (Å²) < 4.78 is 7.97. The van der Waals surface area contributed by atoms with Gasteiger partial charge in [0.15, 0.2) is 5.65 Å². The van der Waals surface area contributed by atoms with Crippen LogP contribution in [0.5, 0.6) is 0 Å². The van der Waals surface area contributed by atoms with Crippen LogP contribution in [0.2, 0.25) is 0 Å². The molecule has 5 aromatic rings. The molecule has 0 saturated heterocycles. The minimum absolute atomic E-state index is 0.205. The largest absolute Gasteiger partial charge is 0.350 e. The summed E-state index contributed by atoms with van der Waals surface area (Å²) in [6.45, 7) is 1.80. The Morgan fingerprint density at radius 2 is 1.79 bits per heavy atom. The van der Waals surface area contributed by atoms with Gasteiger partial charge in [-0.05, 0) is 31.2 Å². The van der Waals surface area contributed by atoms with E-state index in [0.717, 1.165) is 21.5 Å². The first-order chi connectivity index (χ1) is 16.0. The number of hydrogen-bond acceptors (Lipinski definition) is 6. The molecule has 0 atom stereocenters. The van der Waals surface area contributed by atoms with Crippen molar-refractivity contribution in [3.05, 3.63) is 89.0 Å². The molecule has 2 aromatic carbocycles. The number of rotatable bonds is 5. The number of carbonyl (C=O) groups is 1. The predicted molar refractivity (Wildman–Crippen MR) is 123 cm³/mol. The van der Waals surface area contributed by atoms with E-state index in [-0.39, 0.29) is 18.3 Å². The fraction of sp³-hybridized carbons (Fsp3) is 0.125. The van der Waals surface area contributed by atoms with Crippen LogP contribution in [0.1, 0.15) is 5.56 Å². The Morgan fingerprint density at radius 3 is 2.55 bits per heavy atom. The topological polar surface area (TPSA) is 98.5 Å². The first kappa shape index (κ1) is 20.4. The number of fused-ring (bicyclic) bond motifs is 1. The summed E-state index contributed by atoms with van der Waals surface area (Å²) >= 11 is 0. The van der Waals surface area contributed by atoms with Gasteiger partial charge in [0.05, 0.1) is 5.56 Å². The molecule has 0 aliphatic carbocycles. The van der Waals surface area contributed by atoms with Crippen LogP contribution in [0, 0.1) is 6.92 Å². The van der Waals surface area contributed by atoms with Crippen molar-refractivity contribution in [1.82, 2.24) is 24.3 Å². The van der Waals surface area contributed by atoms with Gasteiger partial charge in [-0.2, -0.15) is 4.98 Å². The molecule has 164 valence electrons. The van der Waals surface area contributed by atoms with Crippen molar-refractivity contribution in [2.75, 3.05) is 11.9 Å². The lowest BCUT2D eigenvalue weighted by Gasteiger charge is -2.16. The minimum atomic E-state index is -0.431. The lowest BCUT2D eigenvalue weighted by atomic mass is 10.1. The second kappa shape index (κ2) is 8.19. The highest BCUT2D eigenvalue weighted by Gasteiger charge is 2.20. The van der Waals surface area contributed by atoms with Gasteiger partial charge >= 0.3 is 5.69 Å². The zero-order valence-corrected chi connectivity index (χ0v) is 18.0. The summed E-state index contributed by atoms with van der Waals surface area (Å²) in [5, 5.41) is 8.45. The van der Waals surface area contributed by atoms with Gasteiger partial charge in [0.25, 0.3) is 5.89 Å². The molecule has 33 heavy (non-hydrogen) atoms. The van der Waals surface area contributed by atoms with Crippen LogP contribution in [0.3, 0.4) is 0 Å². The Labute approximate surface area is 188 Å². The van der Waals surface area contributed by atoms with Gasteiger partial charge in [0, 0.05) is 24.5 Å². The molecule has 0 N–H and O–H groups in total. The van der Waals surface area contributed by atoms with E-state index in [1.165, 1.54) is 9.30 Å². The quantitative estimate of drug-likeness (QED) is 0.416. The Morgan fingerprint density at radius 1 is 1.03 bits per heavy atom. The van der Waals surface area contributed by atoms with E-state index >= 15 is 0 Å². The number of aromatic nitrogens is 5. The maximum absolute atomic E-state index is 12.9. The summed E-state index contributed by atoms with van der Waals surface area (Å²) in [6.07, 6.45) is 1.59. The first-order valence-corrected chi connectivity index (χ1v) is 10.3. The van der Waals surface area contributed by atoms with Crippen molar-refractivity contribution in [2.24, 2.45) is 0 Å². The Hall–Kier alpha value is -4.53. The first-order valence-electron chi connectivity index (χ1n) is 10.3. The average Bonchev–Trinajstić information content (AvgIpc) is 3.45. The third-order valence-corrected chi connectivity index (χ3v) is 5.38. The van der Waals surface area contributed by atoms with E-state index in [4.69, 9.17) is 4.52 Å². The van der Waals surface area contributed by atoms with E-state index in [1.807, 2.05) is 61.5 Å². The van der Waals surface area contributed by atoms with Gasteiger partial charge in [-0.1, -0.05) is 53.2 Å². The van der Waals surface area contributed by atoms with Gasteiger partial charge in [-0.25, -0.2) is 13.9 Å². The van der Waals surface area contributed by atoms with Crippen LogP contribution < -0.4 is 10.6 Å². The van der Waals surface area contributed by atoms with Crippen molar-refractivity contribution < 1.29 is 9.32 Å². The number of hydrogen-bond donors (Lipinski definition) is 0. The standard InChI is InChI=1S/C24H20N6O3/c1-16-10-12-17(13-11-16)21-25-23(33-27-21)19-9-6-14-29-22(19)26-30(24(29)32)15-20(31)28(2)18-7-4-3-5-8-18/h3-14H,15H2,1-2H3. The third kappa shape index (κ3) is 3.80. The predicted octanol–water partition coefficient (Wildman–Crippen LogP) is 3.18. The van der Waals surface area contributed by atoms with Crippen molar-refractivity contribution in [3.8, 4) is 22.8 Å². The van der Waals surface area contributed by atoms with Crippen LogP contribution in [-0.2, 0) is 11.3 Å². The smallest absolute Gasteiger partial charge is 0.333 e. The molecule has 9 nitrogen and oxygen atoms in total. The van der Waals surface area contributed by atoms with Gasteiger partial charge in [0.2, 0.25) is 11.7 Å². The van der Waals surface area contributed by atoms with Crippen molar-refractivity contribution >= 4 is 17.2 Å². The summed E-state index contributed by atoms with van der Waals surface area (Å²) in [5.74, 6) is 0.405. The number of likely N-dealkylation sites (N-methyl/N-ethyl adjacent to an activating group) is 1. The highest BCUT2D eigenvalue weighted by Crippen LogP contribution is 2.24. The Bertz CT molecular complexity index is 1500. The molecule has 3 aromatic heterocycles. The van der Waals surface area contributed by atoms with Gasteiger partial charge < -0.3 is 9.42 Å². The second-order valence-corrected chi connectivity index (χ2v) is 7.63. The van der Waals surface area contributed by atoms with E-state index in [1.54, 1.807) is 25.4 Å². The van der Waals surface area contributed by atoms with Crippen LogP contribution in [0.4, 0.5) is 5.69 Å². The molecule has 0 bridgehead atoms. The molecule has 0 aliphatic rings. The van der Waals surface area contributed by atoms with Crippen LogP contribution >= 0.6 is 0 Å². The molecule has 0 aliphatic heterocycles. The number of pyridine rings is 1. The highest BCUT2D eigenvalue weighted by molar-refractivity contribution is 5.92. The van der Waals surface area contributed by atoms with Crippen molar-refractivity contribution in [1.29, 1.82) is 0 Å². The number of benzene rings is 2. The fourth-order valence-electron chi connectivity index (χ4n) is 3.49. The average molecular weight is 440 g/mol. The Balaban J connectivity index is 1.48. The van der Waals surface area contributed by atoms with Crippen LogP contribution in [-0.4, -0.2) is 37.3 Å². The van der Waals surface area contributed by atoms with Crippen molar-refractivity contribution in [2.45, 2.75) is 13.5 Å². The molecule has 0 unspecified atom stereocenters. The van der Waals surface area contributed by atoms with Gasteiger partial charge in [-0.15, -0.1) is 5.10 Å². The second-order valence-electron chi connectivity index (χ2n) is 7.63. The molecule has 3 heterocycles. The number of carbonyl (C=O) groups excluding carboxylic acids is 1. The molecule has 9 heteroatoms.